The summed E-state index contributed by atoms with van der Waals surface area (Å²) in [6.45, 7) is 4.05. The number of rotatable bonds is 9. The largest absolute Gasteiger partial charge is 0.484 e. The Morgan fingerprint density at radius 1 is 1.03 bits per heavy atom. The number of carbonyl (C=O) groups is 1. The van der Waals surface area contributed by atoms with Crippen LogP contribution in [0, 0.1) is 5.92 Å². The van der Waals surface area contributed by atoms with E-state index in [1.165, 1.54) is 16.8 Å². The first kappa shape index (κ1) is 27.0. The molecule has 0 radical (unpaired) electrons. The van der Waals surface area contributed by atoms with Gasteiger partial charge in [0.05, 0.1) is 17.9 Å². The summed E-state index contributed by atoms with van der Waals surface area (Å²) in [4.78, 5) is 16.6. The molecular formula is C27H24ClF3N4O3. The Balaban J connectivity index is 1.54. The number of benzene rings is 3. The van der Waals surface area contributed by atoms with E-state index in [9.17, 15) is 18.0 Å². The minimum atomic E-state index is -4.50. The molecule has 4 aromatic rings. The molecule has 38 heavy (non-hydrogen) atoms. The van der Waals surface area contributed by atoms with E-state index in [1.807, 2.05) is 13.8 Å². The quantitative estimate of drug-likeness (QED) is 0.255. The molecule has 0 saturated heterocycles. The molecule has 0 aliphatic heterocycles. The first-order valence-electron chi connectivity index (χ1n) is 11.6. The van der Waals surface area contributed by atoms with E-state index in [1.54, 1.807) is 48.5 Å². The normalized spacial score (nSPS) is 11.4. The van der Waals surface area contributed by atoms with Gasteiger partial charge < -0.3 is 14.8 Å². The number of ether oxygens (including phenoxy) is 2. The van der Waals surface area contributed by atoms with Crippen LogP contribution in [0.1, 0.15) is 19.4 Å². The van der Waals surface area contributed by atoms with Crippen LogP contribution < -0.4 is 14.8 Å². The molecule has 1 aromatic heterocycles. The molecular weight excluding hydrogens is 521 g/mol. The van der Waals surface area contributed by atoms with Crippen molar-refractivity contribution in [1.82, 2.24) is 14.8 Å². The average molecular weight is 545 g/mol. The van der Waals surface area contributed by atoms with Crippen molar-refractivity contribution in [3.05, 3.63) is 83.4 Å². The summed E-state index contributed by atoms with van der Waals surface area (Å²) in [5, 5.41) is 7.65. The van der Waals surface area contributed by atoms with Crippen LogP contribution in [0.25, 0.3) is 17.1 Å². The Morgan fingerprint density at radius 3 is 2.39 bits per heavy atom. The monoisotopic (exact) mass is 544 g/mol. The highest BCUT2D eigenvalue weighted by molar-refractivity contribution is 6.30. The van der Waals surface area contributed by atoms with Gasteiger partial charge in [-0.1, -0.05) is 37.6 Å². The van der Waals surface area contributed by atoms with Crippen molar-refractivity contribution < 1.29 is 27.4 Å². The smallest absolute Gasteiger partial charge is 0.416 e. The molecule has 0 spiro atoms. The van der Waals surface area contributed by atoms with Gasteiger partial charge in [-0.3, -0.25) is 4.79 Å². The lowest BCUT2D eigenvalue weighted by Crippen LogP contribution is -2.20. The zero-order valence-electron chi connectivity index (χ0n) is 20.5. The molecule has 1 N–H and O–H groups in total. The number of hydrogen-bond acceptors (Lipinski definition) is 5. The van der Waals surface area contributed by atoms with E-state index in [4.69, 9.17) is 21.1 Å². The van der Waals surface area contributed by atoms with Gasteiger partial charge in [-0.25, -0.2) is 4.68 Å². The number of nitrogens with one attached hydrogen (secondary N) is 1. The Morgan fingerprint density at radius 2 is 1.74 bits per heavy atom. The van der Waals surface area contributed by atoms with Crippen LogP contribution in [0.3, 0.4) is 0 Å². The van der Waals surface area contributed by atoms with Gasteiger partial charge in [-0.05, 0) is 66.6 Å². The summed E-state index contributed by atoms with van der Waals surface area (Å²) in [6.07, 6.45) is -4.50. The number of amides is 1. The first-order chi connectivity index (χ1) is 18.1. The molecule has 0 saturated carbocycles. The molecule has 198 valence electrons. The van der Waals surface area contributed by atoms with Crippen LogP contribution in [-0.2, 0) is 11.0 Å². The summed E-state index contributed by atoms with van der Waals surface area (Å²) in [5.41, 5.74) is 0.437. The fourth-order valence-electron chi connectivity index (χ4n) is 3.36. The van der Waals surface area contributed by atoms with Crippen molar-refractivity contribution in [1.29, 1.82) is 0 Å². The van der Waals surface area contributed by atoms with Gasteiger partial charge in [0.25, 0.3) is 5.91 Å². The van der Waals surface area contributed by atoms with Crippen molar-refractivity contribution in [3.63, 3.8) is 0 Å². The minimum Gasteiger partial charge on any atom is -0.484 e. The van der Waals surface area contributed by atoms with Crippen LogP contribution in [0.4, 0.5) is 18.9 Å². The molecule has 4 rings (SSSR count). The number of aromatic nitrogens is 3. The summed E-state index contributed by atoms with van der Waals surface area (Å²) in [6, 6.07) is 18.1. The minimum absolute atomic E-state index is 0.0443. The number of hydrogen-bond donors (Lipinski definition) is 1. The van der Waals surface area contributed by atoms with Gasteiger partial charge in [0.15, 0.2) is 12.4 Å². The van der Waals surface area contributed by atoms with E-state index in [2.05, 4.69) is 15.4 Å². The molecule has 0 aliphatic carbocycles. The van der Waals surface area contributed by atoms with Crippen LogP contribution in [0.15, 0.2) is 72.8 Å². The highest BCUT2D eigenvalue weighted by Gasteiger charge is 2.31. The number of alkyl halides is 3. The Kier molecular flexibility index (Phi) is 8.21. The summed E-state index contributed by atoms with van der Waals surface area (Å²) < 4.78 is 52.4. The highest BCUT2D eigenvalue weighted by atomic mass is 35.5. The lowest BCUT2D eigenvalue weighted by Gasteiger charge is -2.11. The lowest BCUT2D eigenvalue weighted by molar-refractivity contribution is -0.137. The third kappa shape index (κ3) is 7.04. The molecule has 1 amide bonds. The van der Waals surface area contributed by atoms with E-state index in [0.717, 1.165) is 12.1 Å². The molecule has 7 nitrogen and oxygen atoms in total. The van der Waals surface area contributed by atoms with E-state index >= 15 is 0 Å². The van der Waals surface area contributed by atoms with Crippen LogP contribution in [0.2, 0.25) is 5.02 Å². The molecule has 0 atom stereocenters. The zero-order chi connectivity index (χ0) is 27.3. The van der Waals surface area contributed by atoms with Gasteiger partial charge >= 0.3 is 12.2 Å². The van der Waals surface area contributed by atoms with Gasteiger partial charge in [-0.15, -0.1) is 5.10 Å². The third-order valence-corrected chi connectivity index (χ3v) is 5.41. The zero-order valence-corrected chi connectivity index (χ0v) is 21.3. The molecule has 0 bridgehead atoms. The van der Waals surface area contributed by atoms with E-state index < -0.39 is 11.7 Å². The van der Waals surface area contributed by atoms with Crippen LogP contribution >= 0.6 is 11.6 Å². The van der Waals surface area contributed by atoms with Gasteiger partial charge in [0, 0.05) is 16.3 Å². The van der Waals surface area contributed by atoms with Crippen molar-refractivity contribution in [3.8, 4) is 28.8 Å². The highest BCUT2D eigenvalue weighted by Crippen LogP contribution is 2.33. The molecule has 11 heteroatoms. The van der Waals surface area contributed by atoms with Crippen molar-refractivity contribution >= 4 is 23.2 Å². The van der Waals surface area contributed by atoms with Crippen LogP contribution in [0.5, 0.6) is 11.8 Å². The summed E-state index contributed by atoms with van der Waals surface area (Å²) in [7, 11) is 0. The lowest BCUT2D eigenvalue weighted by atomic mass is 10.1. The number of anilines is 1. The third-order valence-electron chi connectivity index (χ3n) is 5.16. The second-order valence-electron chi connectivity index (χ2n) is 8.75. The van der Waals surface area contributed by atoms with Gasteiger partial charge in [0.2, 0.25) is 0 Å². The van der Waals surface area contributed by atoms with Crippen molar-refractivity contribution in [2.75, 3.05) is 18.5 Å². The molecule has 0 unspecified atom stereocenters. The summed E-state index contributed by atoms with van der Waals surface area (Å²) in [5.74, 6) is 0.514. The van der Waals surface area contributed by atoms with Crippen LogP contribution in [-0.4, -0.2) is 33.9 Å². The number of nitrogens with zero attached hydrogens (tertiary/aromatic N) is 3. The molecule has 1 heterocycles. The molecule has 0 aliphatic rings. The summed E-state index contributed by atoms with van der Waals surface area (Å²) >= 11 is 5.84. The van der Waals surface area contributed by atoms with E-state index in [-0.39, 0.29) is 35.8 Å². The maximum atomic E-state index is 13.3. The average Bonchev–Trinajstić information content (AvgIpc) is 3.32. The SMILES string of the molecule is CC(C)COc1nc(-c2cccc(C(F)(F)F)c2)n(-c2ccc(NC(=O)COc3ccc(Cl)cc3)cc2)n1. The number of carbonyl (C=O) groups excluding carboxylic acids is 1. The predicted molar refractivity (Wildman–Crippen MR) is 138 cm³/mol. The Bertz CT molecular complexity index is 1390. The fraction of sp³-hybridized carbons (Fsp3) is 0.222. The molecule has 0 fully saturated rings. The van der Waals surface area contributed by atoms with Crippen molar-refractivity contribution in [2.45, 2.75) is 20.0 Å². The second-order valence-corrected chi connectivity index (χ2v) is 9.19. The Hall–Kier alpha value is -4.05. The van der Waals surface area contributed by atoms with Gasteiger partial charge in [0.1, 0.15) is 5.75 Å². The first-order valence-corrected chi connectivity index (χ1v) is 12.0. The van der Waals surface area contributed by atoms with Gasteiger partial charge in [-0.2, -0.15) is 18.2 Å². The topological polar surface area (TPSA) is 78.3 Å². The second kappa shape index (κ2) is 11.6. The molecule has 3 aromatic carbocycles. The fourth-order valence-corrected chi connectivity index (χ4v) is 3.49. The standard InChI is InChI=1S/C27H24ClF3N4O3/c1-17(2)15-38-26-33-25(18-4-3-5-19(14-18)27(29,30)31)35(34-26)22-10-8-21(9-11-22)32-24(36)16-37-23-12-6-20(28)7-13-23/h3-14,17H,15-16H2,1-2H3,(H,32,36). The number of halogens is 4. The predicted octanol–water partition coefficient (Wildman–Crippen LogP) is 6.66. The maximum absolute atomic E-state index is 13.3. The van der Waals surface area contributed by atoms with E-state index in [0.29, 0.717) is 28.8 Å². The Labute approximate surface area is 222 Å². The van der Waals surface area contributed by atoms with Crippen molar-refractivity contribution in [2.24, 2.45) is 5.92 Å². The maximum Gasteiger partial charge on any atom is 0.416 e.